The number of piperazine rings is 1. The lowest BCUT2D eigenvalue weighted by Gasteiger charge is -2.39. The lowest BCUT2D eigenvalue weighted by molar-refractivity contribution is -0.132. The molecular weight excluding hydrogens is 210 g/mol. The second-order valence-corrected chi connectivity index (χ2v) is 4.55. The second kappa shape index (κ2) is 5.42. The largest absolute Gasteiger partial charge is 0.393 e. The Balaban J connectivity index is 2.50. The van der Waals surface area contributed by atoms with Crippen molar-refractivity contribution >= 4 is 23.1 Å². The van der Waals surface area contributed by atoms with Crippen LogP contribution in [0.3, 0.4) is 0 Å². The van der Waals surface area contributed by atoms with Crippen LogP contribution < -0.4 is 5.73 Å². The first-order valence-corrected chi connectivity index (χ1v) is 5.71. The third-order valence-corrected chi connectivity index (χ3v) is 3.07. The molecule has 0 aliphatic carbocycles. The minimum absolute atomic E-state index is 0.0639. The number of nitrogens with zero attached hydrogens (tertiary/aromatic N) is 2. The molecule has 1 heterocycles. The Hall–Kier alpha value is -0.680. The Morgan fingerprint density at radius 2 is 2.20 bits per heavy atom. The molecule has 86 valence electrons. The molecule has 1 atom stereocenters. The topological polar surface area (TPSA) is 49.6 Å². The zero-order chi connectivity index (χ0) is 11.4. The quantitative estimate of drug-likeness (QED) is 0.703. The Labute approximate surface area is 96.4 Å². The van der Waals surface area contributed by atoms with Crippen LogP contribution in [0, 0.1) is 0 Å². The first-order valence-electron chi connectivity index (χ1n) is 5.31. The molecule has 1 saturated heterocycles. The van der Waals surface area contributed by atoms with Crippen molar-refractivity contribution in [1.29, 1.82) is 0 Å². The monoisotopic (exact) mass is 229 g/mol. The zero-order valence-corrected chi connectivity index (χ0v) is 10.2. The van der Waals surface area contributed by atoms with Crippen LogP contribution in [0.1, 0.15) is 19.8 Å². The van der Waals surface area contributed by atoms with Crippen molar-refractivity contribution in [1.82, 2.24) is 9.80 Å². The number of thiocarbonyl (C=S) groups is 1. The molecular formula is C10H19N3OS. The van der Waals surface area contributed by atoms with Crippen molar-refractivity contribution in [2.45, 2.75) is 25.8 Å². The molecule has 1 fully saturated rings. The smallest absolute Gasteiger partial charge is 0.229 e. The van der Waals surface area contributed by atoms with Gasteiger partial charge in [0.1, 0.15) is 0 Å². The van der Waals surface area contributed by atoms with E-state index in [2.05, 4.69) is 18.9 Å². The predicted octanol–water partition coefficient (Wildman–Crippen LogP) is 0.215. The van der Waals surface area contributed by atoms with Gasteiger partial charge < -0.3 is 10.6 Å². The number of carbonyl (C=O) groups is 1. The third kappa shape index (κ3) is 3.43. The molecule has 0 aromatic rings. The average Bonchev–Trinajstić information content (AvgIpc) is 2.17. The van der Waals surface area contributed by atoms with Gasteiger partial charge in [-0.1, -0.05) is 19.1 Å². The van der Waals surface area contributed by atoms with Crippen LogP contribution in [-0.4, -0.2) is 53.4 Å². The van der Waals surface area contributed by atoms with Crippen LogP contribution in [0.15, 0.2) is 0 Å². The molecule has 0 aromatic carbocycles. The highest BCUT2D eigenvalue weighted by Crippen LogP contribution is 2.11. The van der Waals surface area contributed by atoms with Crippen LogP contribution in [0.4, 0.5) is 0 Å². The molecule has 15 heavy (non-hydrogen) atoms. The summed E-state index contributed by atoms with van der Waals surface area (Å²) in [5, 5.41) is 0. The summed E-state index contributed by atoms with van der Waals surface area (Å²) in [5.41, 5.74) is 5.37. The first-order chi connectivity index (χ1) is 7.04. The summed E-state index contributed by atoms with van der Waals surface area (Å²) in [6, 6.07) is 0.467. The van der Waals surface area contributed by atoms with Crippen LogP contribution in [0.5, 0.6) is 0 Å². The average molecular weight is 229 g/mol. The van der Waals surface area contributed by atoms with Gasteiger partial charge in [0.2, 0.25) is 5.91 Å². The normalized spacial score (nSPS) is 22.8. The van der Waals surface area contributed by atoms with E-state index in [-0.39, 0.29) is 17.3 Å². The Kier molecular flexibility index (Phi) is 4.47. The van der Waals surface area contributed by atoms with Gasteiger partial charge >= 0.3 is 0 Å². The minimum Gasteiger partial charge on any atom is -0.393 e. The number of carbonyl (C=O) groups excluding carboxylic acids is 1. The summed E-state index contributed by atoms with van der Waals surface area (Å²) in [4.78, 5) is 16.2. The summed E-state index contributed by atoms with van der Waals surface area (Å²) in [7, 11) is 2.10. The van der Waals surface area contributed by atoms with Gasteiger partial charge in [0, 0.05) is 25.7 Å². The molecule has 0 radical (unpaired) electrons. The van der Waals surface area contributed by atoms with E-state index in [1.165, 1.54) is 0 Å². The summed E-state index contributed by atoms with van der Waals surface area (Å²) >= 11 is 4.74. The first kappa shape index (κ1) is 12.4. The maximum Gasteiger partial charge on any atom is 0.229 e. The highest BCUT2D eigenvalue weighted by atomic mass is 32.1. The number of hydrogen-bond donors (Lipinski definition) is 1. The van der Waals surface area contributed by atoms with Gasteiger partial charge in [-0.15, -0.1) is 0 Å². The molecule has 4 nitrogen and oxygen atoms in total. The fraction of sp³-hybridized carbons (Fsp3) is 0.800. The summed E-state index contributed by atoms with van der Waals surface area (Å²) < 4.78 is 0. The van der Waals surface area contributed by atoms with Gasteiger partial charge in [0.15, 0.2) is 0 Å². The molecule has 0 saturated carbocycles. The highest BCUT2D eigenvalue weighted by molar-refractivity contribution is 7.80. The van der Waals surface area contributed by atoms with Gasteiger partial charge in [-0.3, -0.25) is 9.69 Å². The molecule has 2 N–H and O–H groups in total. The molecule has 0 bridgehead atoms. The third-order valence-electron chi connectivity index (χ3n) is 2.93. The fourth-order valence-corrected chi connectivity index (χ4v) is 2.00. The minimum atomic E-state index is 0.0639. The van der Waals surface area contributed by atoms with Crippen molar-refractivity contribution in [3.63, 3.8) is 0 Å². The molecule has 1 rings (SSSR count). The van der Waals surface area contributed by atoms with E-state index in [1.54, 1.807) is 0 Å². The van der Waals surface area contributed by atoms with Gasteiger partial charge in [-0.25, -0.2) is 0 Å². The molecule has 1 aliphatic rings. The van der Waals surface area contributed by atoms with E-state index in [0.717, 1.165) is 26.1 Å². The maximum absolute atomic E-state index is 11.7. The van der Waals surface area contributed by atoms with Crippen molar-refractivity contribution in [3.05, 3.63) is 0 Å². The van der Waals surface area contributed by atoms with Gasteiger partial charge in [-0.05, 0) is 13.5 Å². The van der Waals surface area contributed by atoms with Crippen molar-refractivity contribution < 1.29 is 4.79 Å². The Morgan fingerprint density at radius 3 is 2.73 bits per heavy atom. The second-order valence-electron chi connectivity index (χ2n) is 4.03. The van der Waals surface area contributed by atoms with Gasteiger partial charge in [0.25, 0.3) is 0 Å². The zero-order valence-electron chi connectivity index (χ0n) is 9.40. The summed E-state index contributed by atoms with van der Waals surface area (Å²) in [5.74, 6) is 0.0639. The number of nitrogens with two attached hydrogens (primary N) is 1. The molecule has 1 unspecified atom stereocenters. The lowest BCUT2D eigenvalue weighted by Crippen LogP contribution is -2.53. The highest BCUT2D eigenvalue weighted by Gasteiger charge is 2.25. The van der Waals surface area contributed by atoms with Crippen LogP contribution in [-0.2, 0) is 4.79 Å². The fourth-order valence-electron chi connectivity index (χ4n) is 1.87. The van der Waals surface area contributed by atoms with E-state index < -0.39 is 0 Å². The van der Waals surface area contributed by atoms with E-state index in [9.17, 15) is 4.79 Å². The number of amides is 1. The Morgan fingerprint density at radius 1 is 1.53 bits per heavy atom. The summed E-state index contributed by atoms with van der Waals surface area (Å²) in [6.07, 6.45) is 1.27. The van der Waals surface area contributed by atoms with Crippen molar-refractivity contribution in [2.75, 3.05) is 26.7 Å². The molecule has 0 spiro atoms. The maximum atomic E-state index is 11.7. The molecule has 0 aromatic heterocycles. The number of hydrogen-bond acceptors (Lipinski definition) is 3. The van der Waals surface area contributed by atoms with Crippen LogP contribution >= 0.6 is 12.2 Å². The van der Waals surface area contributed by atoms with Gasteiger partial charge in [0.05, 0.1) is 11.4 Å². The van der Waals surface area contributed by atoms with E-state index in [1.807, 2.05) is 4.90 Å². The van der Waals surface area contributed by atoms with Crippen molar-refractivity contribution in [2.24, 2.45) is 5.73 Å². The number of rotatable bonds is 3. The molecule has 1 amide bonds. The van der Waals surface area contributed by atoms with Crippen molar-refractivity contribution in [3.8, 4) is 0 Å². The van der Waals surface area contributed by atoms with E-state index >= 15 is 0 Å². The van der Waals surface area contributed by atoms with E-state index in [0.29, 0.717) is 6.04 Å². The van der Waals surface area contributed by atoms with E-state index in [4.69, 9.17) is 18.0 Å². The summed E-state index contributed by atoms with van der Waals surface area (Å²) in [6.45, 7) is 4.66. The predicted molar refractivity (Wildman–Crippen MR) is 64.7 cm³/mol. The molecule has 5 heteroatoms. The lowest BCUT2D eigenvalue weighted by atomic mass is 10.1. The Bertz CT molecular complexity index is 257. The van der Waals surface area contributed by atoms with Crippen LogP contribution in [0.2, 0.25) is 0 Å². The molecule has 1 aliphatic heterocycles. The SMILES string of the molecule is CCC1CN(C(=O)CC(N)=S)CCN1C. The standard InChI is InChI=1S/C10H19N3OS/c1-3-8-7-13(5-4-12(8)2)10(14)6-9(11)15/h8H,3-7H2,1-2H3,(H2,11,15). The number of likely N-dealkylation sites (N-methyl/N-ethyl adjacent to an activating group) is 1. The van der Waals surface area contributed by atoms with Crippen LogP contribution in [0.25, 0.3) is 0 Å². The van der Waals surface area contributed by atoms with Gasteiger partial charge in [-0.2, -0.15) is 0 Å².